The molecule has 1 N–H and O–H groups in total. The molecule has 1 aliphatic carbocycles. The van der Waals surface area contributed by atoms with Crippen LogP contribution in [0.2, 0.25) is 0 Å². The van der Waals surface area contributed by atoms with Crippen LogP contribution in [0.3, 0.4) is 0 Å². The number of rotatable bonds is 7. The third-order valence-corrected chi connectivity index (χ3v) is 5.59. The average molecular weight is 247 g/mol. The highest BCUT2D eigenvalue weighted by Gasteiger charge is 2.30. The van der Waals surface area contributed by atoms with Gasteiger partial charge in [0.2, 0.25) is 0 Å². The van der Waals surface area contributed by atoms with Gasteiger partial charge in [0.1, 0.15) is 0 Å². The van der Waals surface area contributed by atoms with E-state index in [0.29, 0.717) is 4.75 Å². The van der Waals surface area contributed by atoms with Crippen LogP contribution in [0.5, 0.6) is 0 Å². The van der Waals surface area contributed by atoms with E-state index in [9.17, 15) is 0 Å². The Balaban J connectivity index is 2.15. The Bertz CT molecular complexity index is 156. The molecule has 0 aromatic heterocycles. The van der Waals surface area contributed by atoms with E-state index in [4.69, 9.17) is 0 Å². The Labute approximate surface area is 104 Å². The van der Waals surface area contributed by atoms with E-state index >= 15 is 0 Å². The van der Waals surface area contributed by atoms with Gasteiger partial charge in [-0.1, -0.05) is 26.2 Å². The predicted octanol–water partition coefficient (Wildman–Crippen LogP) is 3.40. The van der Waals surface area contributed by atoms with Gasteiger partial charge < -0.3 is 5.32 Å². The van der Waals surface area contributed by atoms with Gasteiger partial charge in [-0.15, -0.1) is 0 Å². The van der Waals surface area contributed by atoms with Crippen molar-refractivity contribution in [2.75, 3.05) is 30.9 Å². The first kappa shape index (κ1) is 13.7. The normalized spacial score (nSPS) is 20.4. The van der Waals surface area contributed by atoms with E-state index in [-0.39, 0.29) is 0 Å². The summed E-state index contributed by atoms with van der Waals surface area (Å²) < 4.78 is 0.565. The summed E-state index contributed by atoms with van der Waals surface area (Å²) in [6.45, 7) is 4.63. The van der Waals surface area contributed by atoms with Crippen LogP contribution in [0, 0.1) is 0 Å². The Morgan fingerprint density at radius 1 is 1.20 bits per heavy atom. The molecule has 0 radical (unpaired) electrons. The molecule has 90 valence electrons. The zero-order valence-corrected chi connectivity index (χ0v) is 11.8. The molecule has 0 heterocycles. The molecule has 1 fully saturated rings. The van der Waals surface area contributed by atoms with Gasteiger partial charge in [-0.3, -0.25) is 0 Å². The predicted molar refractivity (Wildman–Crippen MR) is 75.2 cm³/mol. The van der Waals surface area contributed by atoms with Crippen molar-refractivity contribution in [3.63, 3.8) is 0 Å². The fourth-order valence-electron chi connectivity index (χ4n) is 2.25. The van der Waals surface area contributed by atoms with Crippen LogP contribution in [-0.2, 0) is 0 Å². The van der Waals surface area contributed by atoms with Crippen molar-refractivity contribution in [3.05, 3.63) is 0 Å². The lowest BCUT2D eigenvalue weighted by Crippen LogP contribution is -2.40. The van der Waals surface area contributed by atoms with Crippen LogP contribution in [0.15, 0.2) is 0 Å². The van der Waals surface area contributed by atoms with E-state index in [1.54, 1.807) is 0 Å². The minimum Gasteiger partial charge on any atom is -0.315 e. The standard InChI is InChI=1S/C12H25NS2/c1-3-15-10-9-13-11-12(14-2)7-5-4-6-8-12/h13H,3-11H2,1-2H3. The summed E-state index contributed by atoms with van der Waals surface area (Å²) in [6, 6.07) is 0. The number of hydrogen-bond donors (Lipinski definition) is 1. The van der Waals surface area contributed by atoms with Gasteiger partial charge in [0.05, 0.1) is 0 Å². The third kappa shape index (κ3) is 5.01. The Hall–Kier alpha value is 0.660. The van der Waals surface area contributed by atoms with Crippen LogP contribution in [-0.4, -0.2) is 35.6 Å². The van der Waals surface area contributed by atoms with Gasteiger partial charge in [-0.2, -0.15) is 23.5 Å². The second kappa shape index (κ2) is 7.86. The van der Waals surface area contributed by atoms with Gasteiger partial charge in [0.25, 0.3) is 0 Å². The summed E-state index contributed by atoms with van der Waals surface area (Å²) in [4.78, 5) is 0. The van der Waals surface area contributed by atoms with Gasteiger partial charge in [-0.05, 0) is 24.9 Å². The number of hydrogen-bond acceptors (Lipinski definition) is 3. The van der Waals surface area contributed by atoms with Crippen molar-refractivity contribution in [2.24, 2.45) is 0 Å². The minimum atomic E-state index is 0.565. The van der Waals surface area contributed by atoms with Crippen molar-refractivity contribution < 1.29 is 0 Å². The van der Waals surface area contributed by atoms with Crippen LogP contribution >= 0.6 is 23.5 Å². The second-order valence-electron chi connectivity index (χ2n) is 4.32. The molecule has 1 nitrogen and oxygen atoms in total. The van der Waals surface area contributed by atoms with Crippen LogP contribution in [0.1, 0.15) is 39.0 Å². The Kier molecular flexibility index (Phi) is 7.19. The van der Waals surface area contributed by atoms with Crippen molar-refractivity contribution in [1.82, 2.24) is 5.32 Å². The molecular formula is C12H25NS2. The van der Waals surface area contributed by atoms with Crippen molar-refractivity contribution in [3.8, 4) is 0 Å². The van der Waals surface area contributed by atoms with Gasteiger partial charge in [0, 0.05) is 23.6 Å². The maximum Gasteiger partial charge on any atom is 0.0281 e. The highest BCUT2D eigenvalue weighted by Crippen LogP contribution is 2.37. The molecule has 1 saturated carbocycles. The molecule has 0 aliphatic heterocycles. The summed E-state index contributed by atoms with van der Waals surface area (Å²) in [6.07, 6.45) is 9.45. The first-order valence-electron chi connectivity index (χ1n) is 6.16. The molecule has 0 aromatic rings. The third-order valence-electron chi connectivity index (χ3n) is 3.27. The van der Waals surface area contributed by atoms with E-state index in [2.05, 4.69) is 30.3 Å². The molecule has 1 rings (SSSR count). The molecule has 0 spiro atoms. The molecule has 0 unspecified atom stereocenters. The molecule has 0 aromatic carbocycles. The van der Waals surface area contributed by atoms with E-state index in [1.165, 1.54) is 56.7 Å². The molecular weight excluding hydrogens is 222 g/mol. The summed E-state index contributed by atoms with van der Waals surface area (Å²) in [5.41, 5.74) is 0. The van der Waals surface area contributed by atoms with E-state index in [0.717, 1.165) is 0 Å². The molecule has 0 atom stereocenters. The molecule has 1 aliphatic rings. The zero-order chi connectivity index (χ0) is 11.0. The quantitative estimate of drug-likeness (QED) is 0.693. The Morgan fingerprint density at radius 2 is 1.93 bits per heavy atom. The molecule has 15 heavy (non-hydrogen) atoms. The largest absolute Gasteiger partial charge is 0.315 e. The highest BCUT2D eigenvalue weighted by atomic mass is 32.2. The van der Waals surface area contributed by atoms with Crippen LogP contribution in [0.25, 0.3) is 0 Å². The number of thioether (sulfide) groups is 2. The topological polar surface area (TPSA) is 12.0 Å². The fourth-order valence-corrected chi connectivity index (χ4v) is 3.77. The monoisotopic (exact) mass is 247 g/mol. The molecule has 0 saturated heterocycles. The summed E-state index contributed by atoms with van der Waals surface area (Å²) >= 11 is 4.12. The molecule has 0 amide bonds. The summed E-state index contributed by atoms with van der Waals surface area (Å²) in [5, 5.41) is 3.64. The first-order chi connectivity index (χ1) is 7.33. The smallest absolute Gasteiger partial charge is 0.0281 e. The number of nitrogens with one attached hydrogen (secondary N) is 1. The SMILES string of the molecule is CCSCCNCC1(SC)CCCCC1. The van der Waals surface area contributed by atoms with Gasteiger partial charge >= 0.3 is 0 Å². The Morgan fingerprint density at radius 3 is 2.53 bits per heavy atom. The second-order valence-corrected chi connectivity index (χ2v) is 6.99. The summed E-state index contributed by atoms with van der Waals surface area (Å²) in [7, 11) is 0. The summed E-state index contributed by atoms with van der Waals surface area (Å²) in [5.74, 6) is 2.51. The van der Waals surface area contributed by atoms with Gasteiger partial charge in [-0.25, -0.2) is 0 Å². The minimum absolute atomic E-state index is 0.565. The lowest BCUT2D eigenvalue weighted by Gasteiger charge is -2.36. The lowest BCUT2D eigenvalue weighted by molar-refractivity contribution is 0.383. The van der Waals surface area contributed by atoms with Crippen LogP contribution in [0.4, 0.5) is 0 Å². The maximum atomic E-state index is 3.64. The average Bonchev–Trinajstić information content (AvgIpc) is 2.30. The van der Waals surface area contributed by atoms with Crippen molar-refractivity contribution >= 4 is 23.5 Å². The zero-order valence-electron chi connectivity index (χ0n) is 10.2. The van der Waals surface area contributed by atoms with E-state index < -0.39 is 0 Å². The first-order valence-corrected chi connectivity index (χ1v) is 8.54. The highest BCUT2D eigenvalue weighted by molar-refractivity contribution is 8.00. The van der Waals surface area contributed by atoms with Gasteiger partial charge in [0.15, 0.2) is 0 Å². The lowest BCUT2D eigenvalue weighted by atomic mass is 9.88. The molecule has 0 bridgehead atoms. The molecule has 3 heteroatoms. The van der Waals surface area contributed by atoms with Crippen LogP contribution < -0.4 is 5.32 Å². The van der Waals surface area contributed by atoms with E-state index in [1.807, 2.05) is 11.8 Å². The van der Waals surface area contributed by atoms with Crippen molar-refractivity contribution in [1.29, 1.82) is 0 Å². The fraction of sp³-hybridized carbons (Fsp3) is 1.00. The van der Waals surface area contributed by atoms with Crippen molar-refractivity contribution in [2.45, 2.75) is 43.8 Å². The maximum absolute atomic E-state index is 3.64.